The summed E-state index contributed by atoms with van der Waals surface area (Å²) in [5.41, 5.74) is 5.19. The summed E-state index contributed by atoms with van der Waals surface area (Å²) in [5, 5.41) is 2.61. The van der Waals surface area contributed by atoms with Gasteiger partial charge in [-0.05, 0) is 17.7 Å². The Bertz CT molecular complexity index is 827. The van der Waals surface area contributed by atoms with Crippen LogP contribution in [0.5, 0.6) is 0 Å². The van der Waals surface area contributed by atoms with E-state index in [9.17, 15) is 9.59 Å². The summed E-state index contributed by atoms with van der Waals surface area (Å²) in [4.78, 5) is 27.9. The highest BCUT2D eigenvalue weighted by atomic mass is 16.2. The first-order chi connectivity index (χ1) is 11.2. The van der Waals surface area contributed by atoms with Crippen LogP contribution in [0.3, 0.4) is 0 Å². The zero-order chi connectivity index (χ0) is 16.1. The Morgan fingerprint density at radius 2 is 1.70 bits per heavy atom. The predicted molar refractivity (Wildman–Crippen MR) is 87.3 cm³/mol. The Labute approximate surface area is 133 Å². The number of hydrogen-bond acceptors (Lipinski definition) is 3. The van der Waals surface area contributed by atoms with Crippen molar-refractivity contribution in [3.8, 4) is 0 Å². The summed E-state index contributed by atoms with van der Waals surface area (Å²) in [5.74, 6) is -0.503. The van der Waals surface area contributed by atoms with Crippen LogP contribution < -0.4 is 10.7 Å². The Kier molecular flexibility index (Phi) is 4.33. The number of fused-ring (bicyclic) bond motifs is 1. The molecule has 0 atom stereocenters. The zero-order valence-corrected chi connectivity index (χ0v) is 12.4. The normalized spacial score (nSPS) is 10.4. The van der Waals surface area contributed by atoms with E-state index in [0.29, 0.717) is 0 Å². The molecule has 2 N–H and O–H groups in total. The van der Waals surface area contributed by atoms with Crippen LogP contribution in [-0.2, 0) is 16.0 Å². The third-order valence-corrected chi connectivity index (χ3v) is 3.35. The molecule has 3 aromatic rings. The van der Waals surface area contributed by atoms with Gasteiger partial charge in [0.15, 0.2) is 0 Å². The number of aromatic nitrogens is 2. The van der Waals surface area contributed by atoms with Crippen molar-refractivity contribution < 1.29 is 9.59 Å². The number of amides is 2. The molecule has 0 saturated carbocycles. The molecule has 0 bridgehead atoms. The van der Waals surface area contributed by atoms with Crippen LogP contribution in [0.4, 0.5) is 0 Å². The van der Waals surface area contributed by atoms with Gasteiger partial charge in [0.2, 0.25) is 5.91 Å². The van der Waals surface area contributed by atoms with Gasteiger partial charge in [0.05, 0.1) is 24.0 Å². The second-order valence-corrected chi connectivity index (χ2v) is 5.08. The summed E-state index contributed by atoms with van der Waals surface area (Å²) in [6.07, 6.45) is 1.79. The van der Waals surface area contributed by atoms with Crippen LogP contribution in [0.1, 0.15) is 5.56 Å². The molecular formula is C17H16N4O2. The number of para-hydroxylation sites is 2. The maximum absolute atomic E-state index is 11.9. The smallest absolute Gasteiger partial charge is 0.258 e. The quantitative estimate of drug-likeness (QED) is 0.749. The van der Waals surface area contributed by atoms with Gasteiger partial charge in [-0.15, -0.1) is 0 Å². The van der Waals surface area contributed by atoms with Crippen molar-refractivity contribution in [1.29, 1.82) is 0 Å². The highest BCUT2D eigenvalue weighted by Gasteiger charge is 2.08. The molecule has 2 amide bonds. The number of imidazole rings is 1. The molecule has 0 fully saturated rings. The number of benzene rings is 2. The average molecular weight is 308 g/mol. The molecule has 6 nitrogen and oxygen atoms in total. The SMILES string of the molecule is O=C(Cc1ccccc1)NCC(=O)Nn1cnc2ccccc21. The van der Waals surface area contributed by atoms with Crippen molar-refractivity contribution in [3.05, 3.63) is 66.5 Å². The van der Waals surface area contributed by atoms with Gasteiger partial charge in [0.1, 0.15) is 6.33 Å². The molecule has 0 aliphatic carbocycles. The van der Waals surface area contributed by atoms with Gasteiger partial charge in [-0.3, -0.25) is 15.0 Å². The second-order valence-electron chi connectivity index (χ2n) is 5.08. The van der Waals surface area contributed by atoms with E-state index in [2.05, 4.69) is 15.7 Å². The van der Waals surface area contributed by atoms with Crippen LogP contribution in [0.15, 0.2) is 60.9 Å². The van der Waals surface area contributed by atoms with Crippen molar-refractivity contribution in [3.63, 3.8) is 0 Å². The maximum Gasteiger partial charge on any atom is 0.258 e. The highest BCUT2D eigenvalue weighted by Crippen LogP contribution is 2.09. The van der Waals surface area contributed by atoms with E-state index in [1.54, 1.807) is 4.68 Å². The summed E-state index contributed by atoms with van der Waals surface area (Å²) in [7, 11) is 0. The van der Waals surface area contributed by atoms with Crippen molar-refractivity contribution >= 4 is 22.8 Å². The first-order valence-corrected chi connectivity index (χ1v) is 7.25. The maximum atomic E-state index is 11.9. The molecule has 116 valence electrons. The van der Waals surface area contributed by atoms with Gasteiger partial charge in [0, 0.05) is 0 Å². The van der Waals surface area contributed by atoms with Crippen molar-refractivity contribution in [1.82, 2.24) is 15.0 Å². The monoisotopic (exact) mass is 308 g/mol. The van der Waals surface area contributed by atoms with Gasteiger partial charge in [-0.1, -0.05) is 42.5 Å². The predicted octanol–water partition coefficient (Wildman–Crippen LogP) is 1.47. The number of carbonyl (C=O) groups excluding carboxylic acids is 2. The van der Waals surface area contributed by atoms with E-state index in [1.165, 1.54) is 6.33 Å². The molecule has 23 heavy (non-hydrogen) atoms. The van der Waals surface area contributed by atoms with E-state index < -0.39 is 0 Å². The van der Waals surface area contributed by atoms with Crippen molar-refractivity contribution in [2.45, 2.75) is 6.42 Å². The van der Waals surface area contributed by atoms with E-state index >= 15 is 0 Å². The topological polar surface area (TPSA) is 76.0 Å². The van der Waals surface area contributed by atoms with Gasteiger partial charge >= 0.3 is 0 Å². The molecule has 6 heteroatoms. The lowest BCUT2D eigenvalue weighted by molar-refractivity contribution is -0.124. The second kappa shape index (κ2) is 6.74. The molecule has 0 unspecified atom stereocenters. The van der Waals surface area contributed by atoms with E-state index in [-0.39, 0.29) is 24.8 Å². The van der Waals surface area contributed by atoms with E-state index in [1.807, 2.05) is 54.6 Å². The fourth-order valence-electron chi connectivity index (χ4n) is 2.24. The molecular weight excluding hydrogens is 292 g/mol. The lowest BCUT2D eigenvalue weighted by Crippen LogP contribution is -2.36. The minimum Gasteiger partial charge on any atom is -0.347 e. The van der Waals surface area contributed by atoms with Crippen LogP contribution >= 0.6 is 0 Å². The molecule has 0 saturated heterocycles. The third kappa shape index (κ3) is 3.74. The van der Waals surface area contributed by atoms with Crippen LogP contribution in [0.25, 0.3) is 11.0 Å². The molecule has 3 rings (SSSR count). The standard InChI is InChI=1S/C17H16N4O2/c22-16(10-13-6-2-1-3-7-13)18-11-17(23)20-21-12-19-14-8-4-5-9-15(14)21/h1-9,12H,10-11H2,(H,18,22)(H,20,23). The van der Waals surface area contributed by atoms with Gasteiger partial charge in [-0.2, -0.15) is 0 Å². The fourth-order valence-corrected chi connectivity index (χ4v) is 2.24. The van der Waals surface area contributed by atoms with Crippen LogP contribution in [0.2, 0.25) is 0 Å². The lowest BCUT2D eigenvalue weighted by Gasteiger charge is -2.08. The average Bonchev–Trinajstić information content (AvgIpc) is 2.97. The Hall–Kier alpha value is -3.15. The minimum atomic E-state index is -0.311. The minimum absolute atomic E-state index is 0.0851. The number of rotatable bonds is 5. The Morgan fingerprint density at radius 3 is 2.52 bits per heavy atom. The van der Waals surface area contributed by atoms with Crippen molar-refractivity contribution in [2.24, 2.45) is 0 Å². The number of nitrogens with zero attached hydrogens (tertiary/aromatic N) is 2. The largest absolute Gasteiger partial charge is 0.347 e. The van der Waals surface area contributed by atoms with Gasteiger partial charge < -0.3 is 5.32 Å². The molecule has 0 aliphatic heterocycles. The molecule has 2 aromatic carbocycles. The molecule has 1 heterocycles. The highest BCUT2D eigenvalue weighted by molar-refractivity contribution is 5.91. The lowest BCUT2D eigenvalue weighted by atomic mass is 10.1. The van der Waals surface area contributed by atoms with Crippen LogP contribution in [-0.4, -0.2) is 28.0 Å². The summed E-state index contributed by atoms with van der Waals surface area (Å²) < 4.78 is 1.54. The number of hydrogen-bond donors (Lipinski definition) is 2. The molecule has 1 aromatic heterocycles. The number of nitrogens with one attached hydrogen (secondary N) is 2. The van der Waals surface area contributed by atoms with Crippen LogP contribution in [0, 0.1) is 0 Å². The zero-order valence-electron chi connectivity index (χ0n) is 12.4. The summed E-state index contributed by atoms with van der Waals surface area (Å²) in [6, 6.07) is 16.9. The van der Waals surface area contributed by atoms with Crippen molar-refractivity contribution in [2.75, 3.05) is 12.0 Å². The van der Waals surface area contributed by atoms with Gasteiger partial charge in [-0.25, -0.2) is 9.66 Å². The third-order valence-electron chi connectivity index (χ3n) is 3.35. The summed E-state index contributed by atoms with van der Waals surface area (Å²) in [6.45, 7) is -0.0851. The Morgan fingerprint density at radius 1 is 0.957 bits per heavy atom. The number of carbonyl (C=O) groups is 2. The first-order valence-electron chi connectivity index (χ1n) is 7.25. The summed E-state index contributed by atoms with van der Waals surface area (Å²) >= 11 is 0. The molecule has 0 radical (unpaired) electrons. The van der Waals surface area contributed by atoms with E-state index in [4.69, 9.17) is 0 Å². The Balaban J connectivity index is 1.52. The molecule has 0 aliphatic rings. The molecule has 0 spiro atoms. The van der Waals surface area contributed by atoms with E-state index in [0.717, 1.165) is 16.6 Å². The first kappa shape index (κ1) is 14.8. The fraction of sp³-hybridized carbons (Fsp3) is 0.118. The van der Waals surface area contributed by atoms with Gasteiger partial charge in [0.25, 0.3) is 5.91 Å².